The van der Waals surface area contributed by atoms with Gasteiger partial charge in [0.1, 0.15) is 0 Å². The van der Waals surface area contributed by atoms with E-state index in [0.29, 0.717) is 12.8 Å². The molecule has 5 nitrogen and oxygen atoms in total. The second-order valence-electron chi connectivity index (χ2n) is 5.18. The largest absolute Gasteiger partial charge is 0.326 e. The number of aromatic nitrogens is 2. The molecule has 1 heterocycles. The monoisotopic (exact) mass is 246 g/mol. The van der Waals surface area contributed by atoms with Crippen molar-refractivity contribution in [3.63, 3.8) is 0 Å². The maximum Gasteiger partial charge on any atom is 0.224 e. The number of hydrogen-bond acceptors (Lipinski definition) is 3. The van der Waals surface area contributed by atoms with Crippen molar-refractivity contribution >= 4 is 22.5 Å². The van der Waals surface area contributed by atoms with Gasteiger partial charge in [0.25, 0.3) is 0 Å². The van der Waals surface area contributed by atoms with E-state index in [-0.39, 0.29) is 11.4 Å². The van der Waals surface area contributed by atoms with Gasteiger partial charge in [0.15, 0.2) is 0 Å². The predicted molar refractivity (Wildman–Crippen MR) is 72.2 cm³/mol. The van der Waals surface area contributed by atoms with Crippen LogP contribution in [0.2, 0.25) is 0 Å². The van der Waals surface area contributed by atoms with Gasteiger partial charge in [-0.05, 0) is 26.3 Å². The highest BCUT2D eigenvalue weighted by Gasteiger charge is 2.14. The highest BCUT2D eigenvalue weighted by molar-refractivity contribution is 6.00. The number of para-hydroxylation sites is 1. The summed E-state index contributed by atoms with van der Waals surface area (Å²) in [7, 11) is 0. The summed E-state index contributed by atoms with van der Waals surface area (Å²) in [6, 6.07) is 5.68. The van der Waals surface area contributed by atoms with E-state index in [1.54, 1.807) is 6.20 Å². The SMILES string of the molecule is CC(C)(N)CCC(=O)Nc1cccc2cn[nH]c12. The molecule has 5 heteroatoms. The van der Waals surface area contributed by atoms with Crippen molar-refractivity contribution in [2.75, 3.05) is 5.32 Å². The summed E-state index contributed by atoms with van der Waals surface area (Å²) in [6.45, 7) is 3.83. The Bertz CT molecular complexity index is 553. The lowest BCUT2D eigenvalue weighted by atomic mass is 10.00. The Kier molecular flexibility index (Phi) is 3.34. The standard InChI is InChI=1S/C13H18N4O/c1-13(2,14)7-6-11(18)16-10-5-3-4-9-8-15-17-12(9)10/h3-5,8H,6-7,14H2,1-2H3,(H,15,17)(H,16,18). The van der Waals surface area contributed by atoms with Crippen LogP contribution >= 0.6 is 0 Å². The van der Waals surface area contributed by atoms with Crippen LogP contribution in [0, 0.1) is 0 Å². The van der Waals surface area contributed by atoms with E-state index >= 15 is 0 Å². The number of benzene rings is 1. The molecule has 1 aromatic heterocycles. The second-order valence-corrected chi connectivity index (χ2v) is 5.18. The molecule has 0 aliphatic heterocycles. The van der Waals surface area contributed by atoms with Crippen molar-refractivity contribution in [3.05, 3.63) is 24.4 Å². The number of nitrogens with two attached hydrogens (primary N) is 1. The molecule has 0 bridgehead atoms. The number of H-pyrrole nitrogens is 1. The molecule has 0 unspecified atom stereocenters. The van der Waals surface area contributed by atoms with E-state index in [0.717, 1.165) is 16.6 Å². The van der Waals surface area contributed by atoms with Crippen LogP contribution in [0.25, 0.3) is 10.9 Å². The molecule has 0 spiro atoms. The first kappa shape index (κ1) is 12.6. The summed E-state index contributed by atoms with van der Waals surface area (Å²) < 4.78 is 0. The lowest BCUT2D eigenvalue weighted by Gasteiger charge is -2.17. The maximum atomic E-state index is 11.8. The quantitative estimate of drug-likeness (QED) is 0.771. The summed E-state index contributed by atoms with van der Waals surface area (Å²) in [5, 5.41) is 10.7. The molecule has 0 atom stereocenters. The number of nitrogens with zero attached hydrogens (tertiary/aromatic N) is 1. The summed E-state index contributed by atoms with van der Waals surface area (Å²) >= 11 is 0. The van der Waals surface area contributed by atoms with Crippen LogP contribution in [0.4, 0.5) is 5.69 Å². The smallest absolute Gasteiger partial charge is 0.224 e. The van der Waals surface area contributed by atoms with Crippen molar-refractivity contribution in [3.8, 4) is 0 Å². The normalized spacial score (nSPS) is 11.7. The Morgan fingerprint density at radius 1 is 1.50 bits per heavy atom. The first-order valence-electron chi connectivity index (χ1n) is 5.96. The molecule has 0 saturated heterocycles. The lowest BCUT2D eigenvalue weighted by Crippen LogP contribution is -2.33. The zero-order valence-electron chi connectivity index (χ0n) is 10.7. The molecule has 0 radical (unpaired) electrons. The molecule has 1 amide bonds. The second kappa shape index (κ2) is 4.78. The molecule has 4 N–H and O–H groups in total. The molecule has 0 aliphatic carbocycles. The number of anilines is 1. The minimum atomic E-state index is -0.322. The topological polar surface area (TPSA) is 83.8 Å². The van der Waals surface area contributed by atoms with E-state index in [9.17, 15) is 4.79 Å². The Morgan fingerprint density at radius 2 is 2.28 bits per heavy atom. The fourth-order valence-corrected chi connectivity index (χ4v) is 1.72. The molecule has 0 aliphatic rings. The third-order valence-corrected chi connectivity index (χ3v) is 2.75. The number of rotatable bonds is 4. The Hall–Kier alpha value is -1.88. The van der Waals surface area contributed by atoms with E-state index in [1.807, 2.05) is 32.0 Å². The van der Waals surface area contributed by atoms with E-state index in [1.165, 1.54) is 0 Å². The molecule has 2 aromatic rings. The number of nitrogens with one attached hydrogen (secondary N) is 2. The van der Waals surface area contributed by atoms with Crippen LogP contribution in [-0.2, 0) is 4.79 Å². The minimum absolute atomic E-state index is 0.0318. The fraction of sp³-hybridized carbons (Fsp3) is 0.385. The van der Waals surface area contributed by atoms with Gasteiger partial charge >= 0.3 is 0 Å². The van der Waals surface area contributed by atoms with Gasteiger partial charge in [-0.1, -0.05) is 12.1 Å². The van der Waals surface area contributed by atoms with Crippen LogP contribution < -0.4 is 11.1 Å². The summed E-state index contributed by atoms with van der Waals surface area (Å²) in [5.74, 6) is -0.0318. The highest BCUT2D eigenvalue weighted by atomic mass is 16.1. The lowest BCUT2D eigenvalue weighted by molar-refractivity contribution is -0.116. The van der Waals surface area contributed by atoms with E-state index < -0.39 is 0 Å². The van der Waals surface area contributed by atoms with Crippen LogP contribution in [-0.4, -0.2) is 21.6 Å². The van der Waals surface area contributed by atoms with Gasteiger partial charge in [-0.15, -0.1) is 0 Å². The van der Waals surface area contributed by atoms with E-state index in [2.05, 4.69) is 15.5 Å². The maximum absolute atomic E-state index is 11.8. The van der Waals surface area contributed by atoms with E-state index in [4.69, 9.17) is 5.73 Å². The van der Waals surface area contributed by atoms with Crippen molar-refractivity contribution in [2.24, 2.45) is 5.73 Å². The third kappa shape index (κ3) is 3.07. The van der Waals surface area contributed by atoms with Gasteiger partial charge in [0, 0.05) is 17.3 Å². The van der Waals surface area contributed by atoms with Crippen LogP contribution in [0.1, 0.15) is 26.7 Å². The summed E-state index contributed by atoms with van der Waals surface area (Å²) in [4.78, 5) is 11.8. The first-order chi connectivity index (χ1) is 8.46. The van der Waals surface area contributed by atoms with Crippen molar-refractivity contribution in [1.29, 1.82) is 0 Å². The average molecular weight is 246 g/mol. The highest BCUT2D eigenvalue weighted by Crippen LogP contribution is 2.20. The number of aromatic amines is 1. The third-order valence-electron chi connectivity index (χ3n) is 2.75. The van der Waals surface area contributed by atoms with Gasteiger partial charge < -0.3 is 11.1 Å². The first-order valence-corrected chi connectivity index (χ1v) is 5.96. The average Bonchev–Trinajstić information content (AvgIpc) is 2.74. The number of fused-ring (bicyclic) bond motifs is 1. The van der Waals surface area contributed by atoms with Crippen LogP contribution in [0.15, 0.2) is 24.4 Å². The van der Waals surface area contributed by atoms with Crippen molar-refractivity contribution in [2.45, 2.75) is 32.2 Å². The number of carbonyl (C=O) groups excluding carboxylic acids is 1. The van der Waals surface area contributed by atoms with Crippen LogP contribution in [0.3, 0.4) is 0 Å². The predicted octanol–water partition coefficient (Wildman–Crippen LogP) is 2.02. The number of amides is 1. The molecular weight excluding hydrogens is 228 g/mol. The zero-order valence-corrected chi connectivity index (χ0v) is 10.7. The Morgan fingerprint density at radius 3 is 3.00 bits per heavy atom. The van der Waals surface area contributed by atoms with Gasteiger partial charge in [-0.3, -0.25) is 9.89 Å². The number of carbonyl (C=O) groups is 1. The molecule has 0 saturated carbocycles. The molecular formula is C13H18N4O. The number of hydrogen-bond donors (Lipinski definition) is 3. The van der Waals surface area contributed by atoms with Gasteiger partial charge in [-0.25, -0.2) is 0 Å². The van der Waals surface area contributed by atoms with Crippen molar-refractivity contribution in [1.82, 2.24) is 10.2 Å². The fourth-order valence-electron chi connectivity index (χ4n) is 1.72. The molecule has 1 aromatic carbocycles. The molecule has 2 rings (SSSR count). The summed E-state index contributed by atoms with van der Waals surface area (Å²) in [5.41, 5.74) is 7.13. The Balaban J connectivity index is 2.05. The molecule has 96 valence electrons. The van der Waals surface area contributed by atoms with Gasteiger partial charge in [-0.2, -0.15) is 5.10 Å². The molecule has 18 heavy (non-hydrogen) atoms. The van der Waals surface area contributed by atoms with Gasteiger partial charge in [0.2, 0.25) is 5.91 Å². The Labute approximate surface area is 106 Å². The van der Waals surface area contributed by atoms with Crippen molar-refractivity contribution < 1.29 is 4.79 Å². The zero-order chi connectivity index (χ0) is 13.2. The summed E-state index contributed by atoms with van der Waals surface area (Å²) in [6.07, 6.45) is 2.79. The van der Waals surface area contributed by atoms with Gasteiger partial charge in [0.05, 0.1) is 17.4 Å². The minimum Gasteiger partial charge on any atom is -0.326 e. The van der Waals surface area contributed by atoms with Crippen LogP contribution in [0.5, 0.6) is 0 Å². The molecule has 0 fully saturated rings.